The van der Waals surface area contributed by atoms with Crippen LogP contribution in [-0.4, -0.2) is 49.7 Å². The molecular weight excluding hydrogens is 192 g/mol. The number of carbonyl (C=O) groups excluding carboxylic acids is 1. The predicted octanol–water partition coefficient (Wildman–Crippen LogP) is 0.622. The van der Waals surface area contributed by atoms with E-state index < -0.39 is 0 Å². The number of rotatable bonds is 5. The van der Waals surface area contributed by atoms with Crippen molar-refractivity contribution in [2.24, 2.45) is 0 Å². The Morgan fingerprint density at radius 3 is 2.93 bits per heavy atom. The smallest absolute Gasteiger partial charge is 0.307 e. The van der Waals surface area contributed by atoms with Crippen LogP contribution in [0.2, 0.25) is 0 Å². The van der Waals surface area contributed by atoms with E-state index in [0.29, 0.717) is 25.1 Å². The highest BCUT2D eigenvalue weighted by Crippen LogP contribution is 2.14. The minimum absolute atomic E-state index is 0.0853. The zero-order valence-corrected chi connectivity index (χ0v) is 9.95. The van der Waals surface area contributed by atoms with E-state index in [4.69, 9.17) is 4.74 Å². The Labute approximate surface area is 92.0 Å². The molecule has 0 spiro atoms. The number of carbonyl (C=O) groups is 1. The van der Waals surface area contributed by atoms with Gasteiger partial charge >= 0.3 is 5.97 Å². The summed E-state index contributed by atoms with van der Waals surface area (Å²) in [7, 11) is 1.99. The first kappa shape index (κ1) is 12.5. The van der Waals surface area contributed by atoms with Gasteiger partial charge in [-0.15, -0.1) is 0 Å². The molecule has 1 N–H and O–H groups in total. The Hall–Kier alpha value is -0.610. The van der Waals surface area contributed by atoms with Crippen LogP contribution in [0, 0.1) is 0 Å². The van der Waals surface area contributed by atoms with E-state index >= 15 is 0 Å². The van der Waals surface area contributed by atoms with Crippen molar-refractivity contribution in [1.82, 2.24) is 10.2 Å². The number of esters is 1. The van der Waals surface area contributed by atoms with Crippen LogP contribution < -0.4 is 5.32 Å². The summed E-state index contributed by atoms with van der Waals surface area (Å²) < 4.78 is 4.94. The third kappa shape index (κ3) is 3.80. The number of likely N-dealkylation sites (N-methyl/N-ethyl adjacent to an activating group) is 1. The largest absolute Gasteiger partial charge is 0.466 e. The van der Waals surface area contributed by atoms with Gasteiger partial charge < -0.3 is 10.1 Å². The molecular formula is C11H22N2O2. The number of nitrogens with one attached hydrogen (secondary N) is 1. The molecule has 0 radical (unpaired) electrons. The molecule has 88 valence electrons. The molecule has 1 aliphatic rings. The summed E-state index contributed by atoms with van der Waals surface area (Å²) in [5.41, 5.74) is 0. The van der Waals surface area contributed by atoms with Crippen molar-refractivity contribution in [3.05, 3.63) is 0 Å². The topological polar surface area (TPSA) is 41.6 Å². The zero-order chi connectivity index (χ0) is 11.3. The Balaban J connectivity index is 2.28. The molecule has 2 unspecified atom stereocenters. The van der Waals surface area contributed by atoms with E-state index in [1.54, 1.807) is 0 Å². The number of nitrogens with zero attached hydrogens (tertiary/aromatic N) is 1. The fourth-order valence-corrected chi connectivity index (χ4v) is 2.01. The standard InChI is InChI=1S/C11H22N2O2/c1-4-15-11(14)7-9(2)13-6-5-10(8-13)12-3/h9-10,12H,4-8H2,1-3H3. The number of hydrogen-bond acceptors (Lipinski definition) is 4. The van der Waals surface area contributed by atoms with Crippen LogP contribution >= 0.6 is 0 Å². The van der Waals surface area contributed by atoms with Crippen LogP contribution in [0.25, 0.3) is 0 Å². The summed E-state index contributed by atoms with van der Waals surface area (Å²) in [4.78, 5) is 13.6. The quantitative estimate of drug-likeness (QED) is 0.681. The van der Waals surface area contributed by atoms with Crippen LogP contribution in [0.4, 0.5) is 0 Å². The first-order valence-electron chi connectivity index (χ1n) is 5.74. The summed E-state index contributed by atoms with van der Waals surface area (Å²) >= 11 is 0. The Bertz CT molecular complexity index is 209. The fraction of sp³-hybridized carbons (Fsp3) is 0.909. The van der Waals surface area contributed by atoms with Crippen LogP contribution in [0.5, 0.6) is 0 Å². The molecule has 0 aromatic carbocycles. The average Bonchev–Trinajstić information content (AvgIpc) is 2.66. The molecule has 2 atom stereocenters. The van der Waals surface area contributed by atoms with Crippen LogP contribution in [0.1, 0.15) is 26.7 Å². The third-order valence-electron chi connectivity index (χ3n) is 3.02. The molecule has 0 aromatic rings. The van der Waals surface area contributed by atoms with Gasteiger partial charge in [-0.3, -0.25) is 9.69 Å². The lowest BCUT2D eigenvalue weighted by atomic mass is 10.2. The third-order valence-corrected chi connectivity index (χ3v) is 3.02. The van der Waals surface area contributed by atoms with E-state index in [9.17, 15) is 4.79 Å². The number of ether oxygens (including phenoxy) is 1. The van der Waals surface area contributed by atoms with Crippen LogP contribution in [-0.2, 0) is 9.53 Å². The molecule has 1 heterocycles. The van der Waals surface area contributed by atoms with Crippen molar-refractivity contribution in [2.45, 2.75) is 38.8 Å². The van der Waals surface area contributed by atoms with Gasteiger partial charge in [0.05, 0.1) is 13.0 Å². The number of hydrogen-bond donors (Lipinski definition) is 1. The highest BCUT2D eigenvalue weighted by atomic mass is 16.5. The molecule has 0 saturated carbocycles. The second kappa shape index (κ2) is 6.08. The predicted molar refractivity (Wildman–Crippen MR) is 59.7 cm³/mol. The molecule has 0 aromatic heterocycles. The van der Waals surface area contributed by atoms with Gasteiger partial charge in [0.25, 0.3) is 0 Å². The van der Waals surface area contributed by atoms with E-state index in [2.05, 4.69) is 17.1 Å². The Morgan fingerprint density at radius 1 is 1.67 bits per heavy atom. The fourth-order valence-electron chi connectivity index (χ4n) is 2.01. The van der Waals surface area contributed by atoms with E-state index in [0.717, 1.165) is 13.1 Å². The molecule has 0 aliphatic carbocycles. The van der Waals surface area contributed by atoms with Crippen molar-refractivity contribution < 1.29 is 9.53 Å². The molecule has 1 aliphatic heterocycles. The zero-order valence-electron chi connectivity index (χ0n) is 9.95. The molecule has 4 heteroatoms. The summed E-state index contributed by atoms with van der Waals surface area (Å²) in [6.07, 6.45) is 1.67. The van der Waals surface area contributed by atoms with Crippen molar-refractivity contribution in [2.75, 3.05) is 26.7 Å². The van der Waals surface area contributed by atoms with Gasteiger partial charge in [0.15, 0.2) is 0 Å². The molecule has 1 saturated heterocycles. The minimum atomic E-state index is -0.0853. The highest BCUT2D eigenvalue weighted by molar-refractivity contribution is 5.70. The summed E-state index contributed by atoms with van der Waals surface area (Å²) in [6.45, 7) is 6.53. The van der Waals surface area contributed by atoms with E-state index in [1.165, 1.54) is 6.42 Å². The minimum Gasteiger partial charge on any atom is -0.466 e. The van der Waals surface area contributed by atoms with Gasteiger partial charge in [-0.05, 0) is 27.3 Å². The van der Waals surface area contributed by atoms with Gasteiger partial charge in [0.2, 0.25) is 0 Å². The van der Waals surface area contributed by atoms with Gasteiger partial charge in [0, 0.05) is 25.2 Å². The molecule has 4 nitrogen and oxygen atoms in total. The second-order valence-corrected chi connectivity index (χ2v) is 4.13. The summed E-state index contributed by atoms with van der Waals surface area (Å²) in [6, 6.07) is 0.872. The van der Waals surface area contributed by atoms with Crippen molar-refractivity contribution in [3.63, 3.8) is 0 Å². The van der Waals surface area contributed by atoms with Gasteiger partial charge in [-0.25, -0.2) is 0 Å². The van der Waals surface area contributed by atoms with Crippen molar-refractivity contribution in [3.8, 4) is 0 Å². The molecule has 15 heavy (non-hydrogen) atoms. The lowest BCUT2D eigenvalue weighted by Crippen LogP contribution is -2.36. The molecule has 0 amide bonds. The summed E-state index contributed by atoms with van der Waals surface area (Å²) in [5, 5.41) is 3.27. The molecule has 0 bridgehead atoms. The van der Waals surface area contributed by atoms with Gasteiger partial charge in [0.1, 0.15) is 0 Å². The monoisotopic (exact) mass is 214 g/mol. The normalized spacial score (nSPS) is 24.1. The lowest BCUT2D eigenvalue weighted by Gasteiger charge is -2.23. The van der Waals surface area contributed by atoms with Gasteiger partial charge in [-0.2, -0.15) is 0 Å². The maximum atomic E-state index is 11.3. The van der Waals surface area contributed by atoms with E-state index in [1.807, 2.05) is 14.0 Å². The average molecular weight is 214 g/mol. The van der Waals surface area contributed by atoms with E-state index in [-0.39, 0.29) is 5.97 Å². The Morgan fingerprint density at radius 2 is 2.40 bits per heavy atom. The maximum absolute atomic E-state index is 11.3. The van der Waals surface area contributed by atoms with Gasteiger partial charge in [-0.1, -0.05) is 0 Å². The lowest BCUT2D eigenvalue weighted by molar-refractivity contribution is -0.144. The second-order valence-electron chi connectivity index (χ2n) is 4.13. The number of likely N-dealkylation sites (tertiary alicyclic amines) is 1. The maximum Gasteiger partial charge on any atom is 0.307 e. The first-order valence-corrected chi connectivity index (χ1v) is 5.74. The Kier molecular flexibility index (Phi) is 5.05. The molecule has 1 rings (SSSR count). The van der Waals surface area contributed by atoms with Crippen LogP contribution in [0.3, 0.4) is 0 Å². The van der Waals surface area contributed by atoms with Crippen LogP contribution in [0.15, 0.2) is 0 Å². The highest BCUT2D eigenvalue weighted by Gasteiger charge is 2.26. The summed E-state index contributed by atoms with van der Waals surface area (Å²) in [5.74, 6) is -0.0853. The van der Waals surface area contributed by atoms with Crippen molar-refractivity contribution in [1.29, 1.82) is 0 Å². The first-order chi connectivity index (χ1) is 7.17. The SMILES string of the molecule is CCOC(=O)CC(C)N1CCC(NC)C1. The molecule has 1 fully saturated rings. The van der Waals surface area contributed by atoms with Crippen molar-refractivity contribution >= 4 is 5.97 Å².